The Balaban J connectivity index is 2.98. The van der Waals surface area contributed by atoms with Crippen LogP contribution in [0.2, 0.25) is 0 Å². The number of likely N-dealkylation sites (N-methyl/N-ethyl adjacent to an activating group) is 1. The number of anilines is 1. The minimum absolute atomic E-state index is 0.315. The Labute approximate surface area is 114 Å². The van der Waals surface area contributed by atoms with Crippen LogP contribution in [0.5, 0.6) is 0 Å². The number of methoxy groups -OCH3 is 1. The van der Waals surface area contributed by atoms with Crippen LogP contribution in [0.3, 0.4) is 0 Å². The Morgan fingerprint density at radius 3 is 2.67 bits per heavy atom. The molecule has 0 atom stereocenters. The van der Waals surface area contributed by atoms with Crippen molar-refractivity contribution >= 4 is 17.3 Å². The summed E-state index contributed by atoms with van der Waals surface area (Å²) >= 11 is 6.00. The number of aromatic nitrogens is 2. The molecule has 0 aromatic carbocycles. The molecule has 0 radical (unpaired) electrons. The van der Waals surface area contributed by atoms with Crippen LogP contribution in [-0.4, -0.2) is 36.8 Å². The van der Waals surface area contributed by atoms with Crippen molar-refractivity contribution in [3.05, 3.63) is 17.7 Å². The Kier molecular flexibility index (Phi) is 6.36. The molecule has 1 aromatic heterocycles. The molecule has 1 heterocycles. The highest BCUT2D eigenvalue weighted by Crippen LogP contribution is 2.21. The fourth-order valence-electron chi connectivity index (χ4n) is 1.72. The van der Waals surface area contributed by atoms with Crippen molar-refractivity contribution in [2.75, 3.05) is 31.7 Å². The van der Waals surface area contributed by atoms with Gasteiger partial charge in [0.15, 0.2) is 0 Å². The third-order valence-electron chi connectivity index (χ3n) is 2.79. The first kappa shape index (κ1) is 15.2. The summed E-state index contributed by atoms with van der Waals surface area (Å²) in [5.74, 6) is 1.56. The largest absolute Gasteiger partial charge is 0.383 e. The molecule has 1 rings (SSSR count). The minimum Gasteiger partial charge on any atom is -0.383 e. The number of ether oxygens (including phenoxy) is 1. The topological polar surface area (TPSA) is 38.2 Å². The predicted molar refractivity (Wildman–Crippen MR) is 75.4 cm³/mol. The first-order valence-electron chi connectivity index (χ1n) is 6.29. The van der Waals surface area contributed by atoms with E-state index in [1.807, 2.05) is 6.20 Å². The van der Waals surface area contributed by atoms with Gasteiger partial charge in [-0.25, -0.2) is 9.97 Å². The van der Waals surface area contributed by atoms with Crippen LogP contribution < -0.4 is 4.90 Å². The summed E-state index contributed by atoms with van der Waals surface area (Å²) in [6, 6.07) is 0. The first-order valence-corrected chi connectivity index (χ1v) is 6.83. The van der Waals surface area contributed by atoms with E-state index in [1.165, 1.54) is 0 Å². The molecule has 102 valence electrons. The van der Waals surface area contributed by atoms with E-state index < -0.39 is 0 Å². The quantitative estimate of drug-likeness (QED) is 0.715. The predicted octanol–water partition coefficient (Wildman–Crippen LogP) is 2.81. The molecule has 18 heavy (non-hydrogen) atoms. The molecular formula is C13H22ClN3O. The molecule has 0 N–H and O–H groups in total. The van der Waals surface area contributed by atoms with Crippen LogP contribution in [0, 0.1) is 0 Å². The zero-order valence-electron chi connectivity index (χ0n) is 11.6. The number of alkyl halides is 1. The van der Waals surface area contributed by atoms with Crippen molar-refractivity contribution in [2.24, 2.45) is 0 Å². The first-order chi connectivity index (χ1) is 8.63. The SMILES string of the molecule is CCN(CCOC)c1cnc(C(C)C)nc1CCl. The molecule has 0 aliphatic heterocycles. The van der Waals surface area contributed by atoms with Crippen LogP contribution in [-0.2, 0) is 10.6 Å². The van der Waals surface area contributed by atoms with E-state index in [2.05, 4.69) is 35.6 Å². The van der Waals surface area contributed by atoms with Crippen LogP contribution in [0.15, 0.2) is 6.20 Å². The van der Waals surface area contributed by atoms with Gasteiger partial charge in [0, 0.05) is 26.1 Å². The van der Waals surface area contributed by atoms with Gasteiger partial charge in [0.1, 0.15) is 5.82 Å². The Bertz CT molecular complexity index is 371. The fourth-order valence-corrected chi connectivity index (χ4v) is 1.91. The molecule has 0 amide bonds. The van der Waals surface area contributed by atoms with Gasteiger partial charge in [0.25, 0.3) is 0 Å². The highest BCUT2D eigenvalue weighted by molar-refractivity contribution is 6.17. The number of nitrogens with zero attached hydrogens (tertiary/aromatic N) is 3. The van der Waals surface area contributed by atoms with Gasteiger partial charge in [-0.15, -0.1) is 11.6 Å². The summed E-state index contributed by atoms with van der Waals surface area (Å²) in [6.07, 6.45) is 1.87. The van der Waals surface area contributed by atoms with Crippen molar-refractivity contribution in [2.45, 2.75) is 32.6 Å². The van der Waals surface area contributed by atoms with E-state index in [0.717, 1.165) is 30.3 Å². The van der Waals surface area contributed by atoms with E-state index in [0.29, 0.717) is 18.4 Å². The second kappa shape index (κ2) is 7.54. The van der Waals surface area contributed by atoms with Crippen molar-refractivity contribution in [3.63, 3.8) is 0 Å². The standard InChI is InChI=1S/C13H22ClN3O/c1-5-17(6-7-18-4)12-9-15-13(10(2)3)16-11(12)8-14/h9-10H,5-8H2,1-4H3. The molecule has 5 heteroatoms. The molecule has 4 nitrogen and oxygen atoms in total. The lowest BCUT2D eigenvalue weighted by Gasteiger charge is -2.24. The van der Waals surface area contributed by atoms with E-state index in [9.17, 15) is 0 Å². The van der Waals surface area contributed by atoms with Crippen molar-refractivity contribution in [1.29, 1.82) is 0 Å². The highest BCUT2D eigenvalue weighted by Gasteiger charge is 2.13. The third-order valence-corrected chi connectivity index (χ3v) is 3.05. The van der Waals surface area contributed by atoms with Gasteiger partial charge in [-0.1, -0.05) is 13.8 Å². The van der Waals surface area contributed by atoms with Crippen LogP contribution >= 0.6 is 11.6 Å². The molecule has 0 saturated heterocycles. The maximum Gasteiger partial charge on any atom is 0.131 e. The third kappa shape index (κ3) is 3.82. The summed E-state index contributed by atoms with van der Waals surface area (Å²) in [5, 5.41) is 0. The molecule has 0 spiro atoms. The minimum atomic E-state index is 0.315. The van der Waals surface area contributed by atoms with Crippen LogP contribution in [0.4, 0.5) is 5.69 Å². The van der Waals surface area contributed by atoms with Crippen molar-refractivity contribution < 1.29 is 4.74 Å². The highest BCUT2D eigenvalue weighted by atomic mass is 35.5. The average molecular weight is 272 g/mol. The van der Waals surface area contributed by atoms with E-state index in [1.54, 1.807) is 7.11 Å². The number of hydrogen-bond donors (Lipinski definition) is 0. The molecule has 0 saturated carbocycles. The summed E-state index contributed by atoms with van der Waals surface area (Å²) in [5.41, 5.74) is 1.90. The summed E-state index contributed by atoms with van der Waals surface area (Å²) in [7, 11) is 1.70. The maximum atomic E-state index is 6.00. The van der Waals surface area contributed by atoms with Crippen LogP contribution in [0.1, 0.15) is 38.2 Å². The molecule has 1 aromatic rings. The summed E-state index contributed by atoms with van der Waals surface area (Å²) < 4.78 is 5.12. The maximum absolute atomic E-state index is 6.00. The number of hydrogen-bond acceptors (Lipinski definition) is 4. The fraction of sp³-hybridized carbons (Fsp3) is 0.692. The van der Waals surface area contributed by atoms with E-state index in [-0.39, 0.29) is 0 Å². The van der Waals surface area contributed by atoms with Gasteiger partial charge in [-0.3, -0.25) is 0 Å². The lowest BCUT2D eigenvalue weighted by molar-refractivity contribution is 0.205. The Hall–Kier alpha value is -0.870. The summed E-state index contributed by atoms with van der Waals surface area (Å²) in [6.45, 7) is 8.65. The van der Waals surface area contributed by atoms with E-state index in [4.69, 9.17) is 16.3 Å². The van der Waals surface area contributed by atoms with Gasteiger partial charge in [-0.05, 0) is 6.92 Å². The second-order valence-corrected chi connectivity index (χ2v) is 4.69. The van der Waals surface area contributed by atoms with Gasteiger partial charge in [0.05, 0.1) is 30.1 Å². The molecule has 0 bridgehead atoms. The van der Waals surface area contributed by atoms with E-state index >= 15 is 0 Å². The van der Waals surface area contributed by atoms with Crippen molar-refractivity contribution in [3.8, 4) is 0 Å². The van der Waals surface area contributed by atoms with Crippen molar-refractivity contribution in [1.82, 2.24) is 9.97 Å². The molecule has 0 fully saturated rings. The molecule has 0 aliphatic carbocycles. The lowest BCUT2D eigenvalue weighted by Crippen LogP contribution is -2.28. The normalized spacial score (nSPS) is 11.0. The average Bonchev–Trinajstić information content (AvgIpc) is 2.39. The number of halogens is 1. The lowest BCUT2D eigenvalue weighted by atomic mass is 10.2. The van der Waals surface area contributed by atoms with Gasteiger partial charge in [0.2, 0.25) is 0 Å². The number of rotatable bonds is 7. The zero-order valence-corrected chi connectivity index (χ0v) is 12.4. The van der Waals surface area contributed by atoms with Gasteiger partial charge in [-0.2, -0.15) is 0 Å². The molecular weight excluding hydrogens is 250 g/mol. The smallest absolute Gasteiger partial charge is 0.131 e. The van der Waals surface area contributed by atoms with Gasteiger partial charge >= 0.3 is 0 Å². The molecule has 0 unspecified atom stereocenters. The van der Waals surface area contributed by atoms with Crippen LogP contribution in [0.25, 0.3) is 0 Å². The Morgan fingerprint density at radius 1 is 1.44 bits per heavy atom. The Morgan fingerprint density at radius 2 is 2.17 bits per heavy atom. The molecule has 0 aliphatic rings. The summed E-state index contributed by atoms with van der Waals surface area (Å²) in [4.78, 5) is 11.1. The monoisotopic (exact) mass is 271 g/mol. The second-order valence-electron chi connectivity index (χ2n) is 4.42. The zero-order chi connectivity index (χ0) is 13.5. The van der Waals surface area contributed by atoms with Gasteiger partial charge < -0.3 is 9.64 Å².